The van der Waals surface area contributed by atoms with Crippen molar-refractivity contribution in [1.29, 1.82) is 0 Å². The van der Waals surface area contributed by atoms with Crippen molar-refractivity contribution in [3.8, 4) is 0 Å². The molecule has 1 amide bonds. The Balaban J connectivity index is 2.25. The fourth-order valence-electron chi connectivity index (χ4n) is 2.61. The van der Waals surface area contributed by atoms with Crippen LogP contribution in [0.5, 0.6) is 0 Å². The molecule has 0 spiro atoms. The number of carbonyl (C=O) groups is 2. The molecule has 1 atom stereocenters. The molecule has 1 heterocycles. The predicted molar refractivity (Wildman–Crippen MR) is 82.1 cm³/mol. The number of halogens is 1. The molecule has 1 N–H and O–H groups in total. The van der Waals surface area contributed by atoms with Crippen LogP contribution in [-0.4, -0.2) is 31.7 Å². The summed E-state index contributed by atoms with van der Waals surface area (Å²) in [5, 5.41) is 2.62. The maximum absolute atomic E-state index is 14.1. The Bertz CT molecular complexity index is 627. The molecule has 0 bridgehead atoms. The Kier molecular flexibility index (Phi) is 5.87. The van der Waals surface area contributed by atoms with Gasteiger partial charge in [0, 0.05) is 24.6 Å². The Labute approximate surface area is 134 Å². The van der Waals surface area contributed by atoms with E-state index in [1.54, 1.807) is 25.1 Å². The number of rotatable bonds is 6. The van der Waals surface area contributed by atoms with Crippen LogP contribution in [0, 0.1) is 5.82 Å². The molecule has 5 nitrogen and oxygen atoms in total. The summed E-state index contributed by atoms with van der Waals surface area (Å²) in [6.45, 7) is 4.41. The Morgan fingerprint density at radius 1 is 1.35 bits per heavy atom. The van der Waals surface area contributed by atoms with Crippen LogP contribution in [0.1, 0.15) is 31.7 Å². The number of benzene rings is 1. The maximum atomic E-state index is 14.1. The number of ether oxygens (including phenoxy) is 2. The highest BCUT2D eigenvalue weighted by Crippen LogP contribution is 2.34. The van der Waals surface area contributed by atoms with Crippen LogP contribution < -0.4 is 5.32 Å². The van der Waals surface area contributed by atoms with Gasteiger partial charge in [0.15, 0.2) is 0 Å². The van der Waals surface area contributed by atoms with E-state index in [2.05, 4.69) is 5.32 Å². The van der Waals surface area contributed by atoms with Crippen LogP contribution in [0.25, 0.3) is 0 Å². The summed E-state index contributed by atoms with van der Waals surface area (Å²) >= 11 is 0. The highest BCUT2D eigenvalue weighted by Gasteiger charge is 2.34. The maximum Gasteiger partial charge on any atom is 0.336 e. The first-order chi connectivity index (χ1) is 11.0. The van der Waals surface area contributed by atoms with Gasteiger partial charge in [-0.25, -0.2) is 9.18 Å². The van der Waals surface area contributed by atoms with Gasteiger partial charge in [-0.3, -0.25) is 4.79 Å². The second-order valence-corrected chi connectivity index (χ2v) is 5.20. The number of carbonyl (C=O) groups excluding carboxylic acids is 2. The lowest BCUT2D eigenvalue weighted by molar-refractivity contribution is -0.141. The van der Waals surface area contributed by atoms with E-state index >= 15 is 0 Å². The van der Waals surface area contributed by atoms with Crippen molar-refractivity contribution in [3.63, 3.8) is 0 Å². The van der Waals surface area contributed by atoms with Gasteiger partial charge in [-0.1, -0.05) is 18.2 Å². The van der Waals surface area contributed by atoms with Gasteiger partial charge in [-0.15, -0.1) is 0 Å². The average Bonchev–Trinajstić information content (AvgIpc) is 2.51. The predicted octanol–water partition coefficient (Wildman–Crippen LogP) is 2.28. The number of allylic oxidation sites excluding steroid dienone is 1. The third kappa shape index (κ3) is 4.16. The van der Waals surface area contributed by atoms with Crippen molar-refractivity contribution in [2.24, 2.45) is 0 Å². The summed E-state index contributed by atoms with van der Waals surface area (Å²) in [4.78, 5) is 24.2. The fourth-order valence-corrected chi connectivity index (χ4v) is 2.61. The normalized spacial score (nSPS) is 17.9. The van der Waals surface area contributed by atoms with Crippen molar-refractivity contribution in [1.82, 2.24) is 5.32 Å². The largest absolute Gasteiger partial charge is 0.460 e. The number of amides is 1. The summed E-state index contributed by atoms with van der Waals surface area (Å²) in [5.41, 5.74) is 1.00. The molecule has 0 saturated carbocycles. The van der Waals surface area contributed by atoms with E-state index in [0.29, 0.717) is 24.5 Å². The van der Waals surface area contributed by atoms with E-state index in [4.69, 9.17) is 9.47 Å². The minimum absolute atomic E-state index is 0.00810. The molecule has 124 valence electrons. The molecule has 1 aromatic rings. The van der Waals surface area contributed by atoms with Gasteiger partial charge in [0.1, 0.15) is 12.4 Å². The van der Waals surface area contributed by atoms with Gasteiger partial charge in [-0.05, 0) is 25.5 Å². The lowest BCUT2D eigenvalue weighted by Gasteiger charge is -2.26. The Morgan fingerprint density at radius 3 is 2.78 bits per heavy atom. The highest BCUT2D eigenvalue weighted by atomic mass is 19.1. The monoisotopic (exact) mass is 321 g/mol. The van der Waals surface area contributed by atoms with Gasteiger partial charge in [0.05, 0.1) is 12.2 Å². The Morgan fingerprint density at radius 2 is 2.09 bits per heavy atom. The molecular weight excluding hydrogens is 301 g/mol. The van der Waals surface area contributed by atoms with Crippen molar-refractivity contribution in [3.05, 3.63) is 46.9 Å². The summed E-state index contributed by atoms with van der Waals surface area (Å²) in [7, 11) is 0. The molecule has 1 aromatic carbocycles. The molecule has 1 aliphatic heterocycles. The molecular formula is C17H20FNO4. The smallest absolute Gasteiger partial charge is 0.336 e. The molecule has 0 aliphatic carbocycles. The second kappa shape index (κ2) is 7.87. The minimum atomic E-state index is -0.649. The zero-order chi connectivity index (χ0) is 16.8. The molecule has 23 heavy (non-hydrogen) atoms. The second-order valence-electron chi connectivity index (χ2n) is 5.20. The quantitative estimate of drug-likeness (QED) is 0.645. The SMILES string of the molecule is CCOCCOC(=O)C1=C(C)NC(=O)C[C@H]1c1ccccc1F. The molecule has 0 saturated heterocycles. The molecule has 0 aromatic heterocycles. The van der Waals surface area contributed by atoms with E-state index < -0.39 is 17.7 Å². The van der Waals surface area contributed by atoms with E-state index in [-0.39, 0.29) is 24.5 Å². The fraction of sp³-hybridized carbons (Fsp3) is 0.412. The van der Waals surface area contributed by atoms with E-state index in [9.17, 15) is 14.0 Å². The van der Waals surface area contributed by atoms with Gasteiger partial charge in [0.25, 0.3) is 0 Å². The van der Waals surface area contributed by atoms with Crippen LogP contribution in [0.4, 0.5) is 4.39 Å². The average molecular weight is 321 g/mol. The standard InChI is InChI=1S/C17H20FNO4/c1-3-22-8-9-23-17(21)16-11(2)19-15(20)10-13(16)12-6-4-5-7-14(12)18/h4-7,13H,3,8-10H2,1-2H3,(H,19,20)/t13-/m0/s1. The van der Waals surface area contributed by atoms with Gasteiger partial charge in [0.2, 0.25) is 5.91 Å². The third-order valence-electron chi connectivity index (χ3n) is 3.63. The van der Waals surface area contributed by atoms with E-state index in [1.807, 2.05) is 6.92 Å². The molecule has 6 heteroatoms. The number of hydrogen-bond acceptors (Lipinski definition) is 4. The first kappa shape index (κ1) is 17.1. The molecule has 0 fully saturated rings. The lowest BCUT2D eigenvalue weighted by atomic mass is 9.84. The summed E-state index contributed by atoms with van der Waals surface area (Å²) < 4.78 is 24.4. The topological polar surface area (TPSA) is 64.6 Å². The highest BCUT2D eigenvalue weighted by molar-refractivity contribution is 5.95. The van der Waals surface area contributed by atoms with Crippen LogP contribution in [0.15, 0.2) is 35.5 Å². The van der Waals surface area contributed by atoms with Gasteiger partial charge in [-0.2, -0.15) is 0 Å². The van der Waals surface area contributed by atoms with Crippen molar-refractivity contribution < 1.29 is 23.5 Å². The van der Waals surface area contributed by atoms with Crippen molar-refractivity contribution in [2.45, 2.75) is 26.2 Å². The zero-order valence-corrected chi connectivity index (χ0v) is 13.2. The lowest BCUT2D eigenvalue weighted by Crippen LogP contribution is -2.34. The summed E-state index contributed by atoms with van der Waals surface area (Å²) in [6.07, 6.45) is 0.00810. The molecule has 1 aliphatic rings. The number of nitrogens with one attached hydrogen (secondary N) is 1. The van der Waals surface area contributed by atoms with E-state index in [1.165, 1.54) is 6.07 Å². The zero-order valence-electron chi connectivity index (χ0n) is 13.2. The van der Waals surface area contributed by atoms with Crippen LogP contribution >= 0.6 is 0 Å². The minimum Gasteiger partial charge on any atom is -0.460 e. The molecule has 0 unspecified atom stereocenters. The molecule has 0 radical (unpaired) electrons. The first-order valence-corrected chi connectivity index (χ1v) is 7.54. The van der Waals surface area contributed by atoms with Crippen molar-refractivity contribution >= 4 is 11.9 Å². The van der Waals surface area contributed by atoms with Gasteiger partial charge >= 0.3 is 5.97 Å². The van der Waals surface area contributed by atoms with Crippen molar-refractivity contribution in [2.75, 3.05) is 19.8 Å². The summed E-state index contributed by atoms with van der Waals surface area (Å²) in [5.74, 6) is -1.90. The number of hydrogen-bond donors (Lipinski definition) is 1. The molecule has 2 rings (SSSR count). The van der Waals surface area contributed by atoms with Crippen LogP contribution in [0.2, 0.25) is 0 Å². The van der Waals surface area contributed by atoms with Gasteiger partial charge < -0.3 is 14.8 Å². The van der Waals surface area contributed by atoms with E-state index in [0.717, 1.165) is 0 Å². The van der Waals surface area contributed by atoms with Crippen LogP contribution in [0.3, 0.4) is 0 Å². The number of esters is 1. The first-order valence-electron chi connectivity index (χ1n) is 7.54. The van der Waals surface area contributed by atoms with Crippen LogP contribution in [-0.2, 0) is 19.1 Å². The third-order valence-corrected chi connectivity index (χ3v) is 3.63. The Hall–Kier alpha value is -2.21. The summed E-state index contributed by atoms with van der Waals surface area (Å²) in [6, 6.07) is 6.14.